The average Bonchev–Trinajstić information content (AvgIpc) is 2.98. The Kier molecular flexibility index (Phi) is 5.36. The maximum absolute atomic E-state index is 12.1. The zero-order valence-electron chi connectivity index (χ0n) is 13.1. The Morgan fingerprint density at radius 3 is 2.30 bits per heavy atom. The molecule has 1 aliphatic rings. The number of esters is 1. The Labute approximate surface area is 134 Å². The molecule has 0 bridgehead atoms. The third-order valence-corrected chi connectivity index (χ3v) is 4.19. The molecule has 2 N–H and O–H groups in total. The number of anilines is 1. The molecule has 124 valence electrons. The molecule has 1 saturated carbocycles. The molecule has 0 unspecified atom stereocenters. The van der Waals surface area contributed by atoms with Gasteiger partial charge in [-0.1, -0.05) is 12.8 Å². The average molecular weight is 319 g/mol. The number of amides is 1. The van der Waals surface area contributed by atoms with Gasteiger partial charge in [-0.05, 0) is 44.0 Å². The van der Waals surface area contributed by atoms with Gasteiger partial charge in [-0.2, -0.15) is 0 Å². The first-order valence-corrected chi connectivity index (χ1v) is 7.77. The zero-order valence-corrected chi connectivity index (χ0v) is 13.1. The van der Waals surface area contributed by atoms with Gasteiger partial charge in [-0.3, -0.25) is 9.59 Å². The minimum atomic E-state index is -0.936. The fourth-order valence-electron chi connectivity index (χ4n) is 2.93. The molecular formula is C17H21NO5. The van der Waals surface area contributed by atoms with Crippen LogP contribution in [-0.4, -0.2) is 29.6 Å². The Balaban J connectivity index is 1.97. The maximum atomic E-state index is 12.1. The van der Waals surface area contributed by atoms with Gasteiger partial charge in [-0.15, -0.1) is 0 Å². The van der Waals surface area contributed by atoms with Crippen LogP contribution in [-0.2, 0) is 14.3 Å². The van der Waals surface area contributed by atoms with Crippen LogP contribution in [0.2, 0.25) is 0 Å². The van der Waals surface area contributed by atoms with Crippen LogP contribution in [0.5, 0.6) is 0 Å². The molecule has 6 nitrogen and oxygen atoms in total. The van der Waals surface area contributed by atoms with Crippen molar-refractivity contribution in [1.82, 2.24) is 0 Å². The highest BCUT2D eigenvalue weighted by molar-refractivity contribution is 5.95. The monoisotopic (exact) mass is 319 g/mol. The van der Waals surface area contributed by atoms with Gasteiger partial charge < -0.3 is 15.2 Å². The van der Waals surface area contributed by atoms with Gasteiger partial charge in [0.1, 0.15) is 0 Å². The molecule has 0 aromatic heterocycles. The van der Waals surface area contributed by atoms with Gasteiger partial charge in [0.2, 0.25) is 5.91 Å². The van der Waals surface area contributed by atoms with Gasteiger partial charge in [0, 0.05) is 12.1 Å². The van der Waals surface area contributed by atoms with Crippen molar-refractivity contribution >= 4 is 23.5 Å². The van der Waals surface area contributed by atoms with E-state index < -0.39 is 17.4 Å². The first-order valence-electron chi connectivity index (χ1n) is 7.77. The summed E-state index contributed by atoms with van der Waals surface area (Å²) in [7, 11) is 0. The second-order valence-corrected chi connectivity index (χ2v) is 5.82. The van der Waals surface area contributed by atoms with Crippen molar-refractivity contribution in [2.45, 2.75) is 39.0 Å². The van der Waals surface area contributed by atoms with E-state index in [0.29, 0.717) is 30.7 Å². The van der Waals surface area contributed by atoms with Crippen molar-refractivity contribution in [2.75, 3.05) is 11.9 Å². The standard InChI is InChI=1S/C17H21NO5/c1-2-23-15(20)12-5-7-13(8-6-12)18-14(19)11-17(16(21)22)9-3-4-10-17/h5-8H,2-4,9-11H2,1H3,(H,18,19)(H,21,22). The van der Waals surface area contributed by atoms with E-state index in [2.05, 4.69) is 5.32 Å². The molecule has 1 aromatic rings. The molecule has 1 aromatic carbocycles. The zero-order chi connectivity index (χ0) is 16.9. The molecule has 0 heterocycles. The second kappa shape index (κ2) is 7.26. The topological polar surface area (TPSA) is 92.7 Å². The van der Waals surface area contributed by atoms with E-state index >= 15 is 0 Å². The number of rotatable bonds is 6. The number of hydrogen-bond acceptors (Lipinski definition) is 4. The molecule has 1 fully saturated rings. The summed E-state index contributed by atoms with van der Waals surface area (Å²) in [4.78, 5) is 35.1. The normalized spacial score (nSPS) is 15.9. The number of aliphatic carboxylic acids is 1. The van der Waals surface area contributed by atoms with E-state index in [-0.39, 0.29) is 12.3 Å². The lowest BCUT2D eigenvalue weighted by Crippen LogP contribution is -2.32. The summed E-state index contributed by atoms with van der Waals surface area (Å²) < 4.78 is 4.89. The van der Waals surface area contributed by atoms with Crippen molar-refractivity contribution in [3.05, 3.63) is 29.8 Å². The molecule has 6 heteroatoms. The van der Waals surface area contributed by atoms with E-state index in [1.165, 1.54) is 0 Å². The maximum Gasteiger partial charge on any atom is 0.338 e. The van der Waals surface area contributed by atoms with Crippen molar-refractivity contribution in [3.8, 4) is 0 Å². The molecule has 2 rings (SSSR count). The highest BCUT2D eigenvalue weighted by Gasteiger charge is 2.42. The van der Waals surface area contributed by atoms with Crippen molar-refractivity contribution in [3.63, 3.8) is 0 Å². The predicted molar refractivity (Wildman–Crippen MR) is 84.2 cm³/mol. The van der Waals surface area contributed by atoms with Gasteiger partial charge in [0.25, 0.3) is 0 Å². The number of carboxylic acids is 1. The molecule has 0 aliphatic heterocycles. The number of benzene rings is 1. The summed E-state index contributed by atoms with van der Waals surface area (Å²) in [6.45, 7) is 2.03. The van der Waals surface area contributed by atoms with Crippen LogP contribution in [0, 0.1) is 5.41 Å². The van der Waals surface area contributed by atoms with Gasteiger partial charge in [0.05, 0.1) is 17.6 Å². The number of nitrogens with one attached hydrogen (secondary N) is 1. The van der Waals surface area contributed by atoms with Gasteiger partial charge in [-0.25, -0.2) is 4.79 Å². The van der Waals surface area contributed by atoms with Crippen LogP contribution in [0.15, 0.2) is 24.3 Å². The predicted octanol–water partition coefficient (Wildman–Crippen LogP) is 2.84. The van der Waals surface area contributed by atoms with Crippen molar-refractivity contribution < 1.29 is 24.2 Å². The van der Waals surface area contributed by atoms with E-state index in [1.807, 2.05) is 0 Å². The van der Waals surface area contributed by atoms with Crippen molar-refractivity contribution in [1.29, 1.82) is 0 Å². The Morgan fingerprint density at radius 2 is 1.78 bits per heavy atom. The third-order valence-electron chi connectivity index (χ3n) is 4.19. The fraction of sp³-hybridized carbons (Fsp3) is 0.471. The van der Waals surface area contributed by atoms with E-state index in [4.69, 9.17) is 4.74 Å². The SMILES string of the molecule is CCOC(=O)c1ccc(NC(=O)CC2(C(=O)O)CCCC2)cc1. The number of carbonyl (C=O) groups is 3. The summed E-state index contributed by atoms with van der Waals surface area (Å²) in [6.07, 6.45) is 2.73. The van der Waals surface area contributed by atoms with Crippen LogP contribution >= 0.6 is 0 Å². The molecule has 1 aliphatic carbocycles. The Morgan fingerprint density at radius 1 is 1.17 bits per heavy atom. The molecular weight excluding hydrogens is 298 g/mol. The lowest BCUT2D eigenvalue weighted by Gasteiger charge is -2.22. The summed E-state index contributed by atoms with van der Waals surface area (Å²) in [5, 5.41) is 12.1. The quantitative estimate of drug-likeness (QED) is 0.787. The van der Waals surface area contributed by atoms with Gasteiger partial charge in [0.15, 0.2) is 0 Å². The van der Waals surface area contributed by atoms with Crippen LogP contribution in [0.25, 0.3) is 0 Å². The Hall–Kier alpha value is -2.37. The van der Waals surface area contributed by atoms with Crippen LogP contribution in [0.3, 0.4) is 0 Å². The molecule has 0 spiro atoms. The summed E-state index contributed by atoms with van der Waals surface area (Å²) >= 11 is 0. The summed E-state index contributed by atoms with van der Waals surface area (Å²) in [5.74, 6) is -1.64. The molecule has 0 saturated heterocycles. The number of hydrogen-bond donors (Lipinski definition) is 2. The first kappa shape index (κ1) is 17.0. The highest BCUT2D eigenvalue weighted by atomic mass is 16.5. The summed E-state index contributed by atoms with van der Waals surface area (Å²) in [5.41, 5.74) is -0.00109. The van der Waals surface area contributed by atoms with Crippen LogP contribution in [0.4, 0.5) is 5.69 Å². The highest BCUT2D eigenvalue weighted by Crippen LogP contribution is 2.41. The molecule has 23 heavy (non-hydrogen) atoms. The summed E-state index contributed by atoms with van der Waals surface area (Å²) in [6, 6.07) is 6.34. The van der Waals surface area contributed by atoms with E-state index in [0.717, 1.165) is 12.8 Å². The van der Waals surface area contributed by atoms with Crippen LogP contribution in [0.1, 0.15) is 49.4 Å². The third kappa shape index (κ3) is 4.09. The van der Waals surface area contributed by atoms with Crippen molar-refractivity contribution in [2.24, 2.45) is 5.41 Å². The van der Waals surface area contributed by atoms with Crippen LogP contribution < -0.4 is 5.32 Å². The largest absolute Gasteiger partial charge is 0.481 e. The number of carbonyl (C=O) groups excluding carboxylic acids is 2. The van der Waals surface area contributed by atoms with E-state index in [9.17, 15) is 19.5 Å². The number of carboxylic acid groups (broad SMARTS) is 1. The molecule has 1 amide bonds. The molecule has 0 atom stereocenters. The second-order valence-electron chi connectivity index (χ2n) is 5.82. The lowest BCUT2D eigenvalue weighted by molar-refractivity contribution is -0.150. The molecule has 0 radical (unpaired) electrons. The Bertz CT molecular complexity index is 588. The minimum absolute atomic E-state index is 0.0258. The smallest absolute Gasteiger partial charge is 0.338 e. The lowest BCUT2D eigenvalue weighted by atomic mass is 9.82. The fourth-order valence-corrected chi connectivity index (χ4v) is 2.93. The minimum Gasteiger partial charge on any atom is -0.481 e. The number of ether oxygens (including phenoxy) is 1. The van der Waals surface area contributed by atoms with Gasteiger partial charge >= 0.3 is 11.9 Å². The van der Waals surface area contributed by atoms with E-state index in [1.54, 1.807) is 31.2 Å². The first-order chi connectivity index (χ1) is 11.0.